The molecule has 0 bridgehead atoms. The molecule has 0 spiro atoms. The second-order valence-corrected chi connectivity index (χ2v) is 7.47. The summed E-state index contributed by atoms with van der Waals surface area (Å²) in [6.45, 7) is 3.90. The molecule has 25 heavy (non-hydrogen) atoms. The van der Waals surface area contributed by atoms with Crippen molar-refractivity contribution >= 4 is 45.6 Å². The van der Waals surface area contributed by atoms with E-state index in [2.05, 4.69) is 15.4 Å². The second kappa shape index (κ2) is 7.15. The fraction of sp³-hybridized carbons (Fsp3) is 0.235. The van der Waals surface area contributed by atoms with E-state index < -0.39 is 0 Å². The van der Waals surface area contributed by atoms with Crippen molar-refractivity contribution in [3.8, 4) is 11.3 Å². The number of thiazole rings is 1. The summed E-state index contributed by atoms with van der Waals surface area (Å²) in [5, 5.41) is 8.61. The zero-order valence-electron chi connectivity index (χ0n) is 13.9. The van der Waals surface area contributed by atoms with E-state index in [9.17, 15) is 4.79 Å². The summed E-state index contributed by atoms with van der Waals surface area (Å²) in [7, 11) is 1.71. The first-order valence-corrected chi connectivity index (χ1v) is 9.24. The molecule has 3 rings (SSSR count). The molecule has 0 saturated carbocycles. The summed E-state index contributed by atoms with van der Waals surface area (Å²) in [4.78, 5) is 18.2. The Kier molecular flexibility index (Phi) is 5.13. The molecule has 1 amide bonds. The number of anilines is 1. The zero-order valence-corrected chi connectivity index (χ0v) is 16.3. The fourth-order valence-electron chi connectivity index (χ4n) is 2.51. The van der Waals surface area contributed by atoms with Crippen molar-refractivity contribution in [2.75, 3.05) is 5.32 Å². The van der Waals surface area contributed by atoms with E-state index in [4.69, 9.17) is 23.2 Å². The Morgan fingerprint density at radius 3 is 2.60 bits per heavy atom. The van der Waals surface area contributed by atoms with E-state index in [0.29, 0.717) is 33.0 Å². The van der Waals surface area contributed by atoms with Crippen molar-refractivity contribution in [3.63, 3.8) is 0 Å². The van der Waals surface area contributed by atoms with Crippen LogP contribution in [-0.2, 0) is 13.5 Å². The SMILES string of the molecule is CCc1nn(C)c(Cl)c1C(=O)Nc1nc(-c2ccc(Cl)cc2)c(C)s1. The zero-order chi connectivity index (χ0) is 18.1. The molecule has 3 aromatic rings. The van der Waals surface area contributed by atoms with Gasteiger partial charge in [0.15, 0.2) is 5.13 Å². The maximum atomic E-state index is 12.6. The lowest BCUT2D eigenvalue weighted by molar-refractivity contribution is 0.102. The van der Waals surface area contributed by atoms with Crippen LogP contribution in [0.3, 0.4) is 0 Å². The minimum atomic E-state index is -0.300. The fourth-order valence-corrected chi connectivity index (χ4v) is 3.70. The van der Waals surface area contributed by atoms with Gasteiger partial charge in [-0.05, 0) is 25.5 Å². The monoisotopic (exact) mass is 394 g/mol. The molecule has 1 N–H and O–H groups in total. The molecular formula is C17H16Cl2N4OS. The number of aromatic nitrogens is 3. The quantitative estimate of drug-likeness (QED) is 0.678. The third-order valence-corrected chi connectivity index (χ3v) is 5.32. The van der Waals surface area contributed by atoms with Gasteiger partial charge in [0.25, 0.3) is 5.91 Å². The third kappa shape index (κ3) is 3.56. The molecule has 0 atom stereocenters. The Morgan fingerprint density at radius 2 is 1.96 bits per heavy atom. The number of nitrogens with zero attached hydrogens (tertiary/aromatic N) is 3. The lowest BCUT2D eigenvalue weighted by Gasteiger charge is -2.02. The van der Waals surface area contributed by atoms with Gasteiger partial charge < -0.3 is 0 Å². The van der Waals surface area contributed by atoms with Crippen LogP contribution in [-0.4, -0.2) is 20.7 Å². The van der Waals surface area contributed by atoms with Gasteiger partial charge in [0.2, 0.25) is 0 Å². The van der Waals surface area contributed by atoms with Gasteiger partial charge in [-0.1, -0.05) is 42.3 Å². The number of hydrogen-bond acceptors (Lipinski definition) is 4. The number of benzene rings is 1. The van der Waals surface area contributed by atoms with E-state index in [1.807, 2.05) is 38.1 Å². The van der Waals surface area contributed by atoms with Crippen LogP contribution >= 0.6 is 34.5 Å². The van der Waals surface area contributed by atoms with Crippen molar-refractivity contribution in [1.29, 1.82) is 0 Å². The largest absolute Gasteiger partial charge is 0.298 e. The first-order chi connectivity index (χ1) is 11.9. The average molecular weight is 395 g/mol. The Balaban J connectivity index is 1.88. The molecule has 0 fully saturated rings. The van der Waals surface area contributed by atoms with Crippen LogP contribution in [0.25, 0.3) is 11.3 Å². The lowest BCUT2D eigenvalue weighted by Crippen LogP contribution is -2.13. The van der Waals surface area contributed by atoms with Gasteiger partial charge in [-0.2, -0.15) is 5.10 Å². The van der Waals surface area contributed by atoms with Crippen LogP contribution in [0.2, 0.25) is 10.2 Å². The van der Waals surface area contributed by atoms with Gasteiger partial charge in [-0.25, -0.2) is 4.98 Å². The van der Waals surface area contributed by atoms with E-state index in [-0.39, 0.29) is 5.91 Å². The molecule has 2 aromatic heterocycles. The highest BCUT2D eigenvalue weighted by molar-refractivity contribution is 7.16. The number of halogens is 2. The lowest BCUT2D eigenvalue weighted by atomic mass is 10.1. The predicted octanol–water partition coefficient (Wildman–Crippen LogP) is 4.97. The molecule has 8 heteroatoms. The standard InChI is InChI=1S/C17H16Cl2N4OS/c1-4-12-13(15(19)23(3)22-12)16(24)21-17-20-14(9(2)25-17)10-5-7-11(18)8-6-10/h5-8H,4H2,1-3H3,(H,20,21,24). The Hall–Kier alpha value is -1.89. The van der Waals surface area contributed by atoms with Crippen LogP contribution in [0, 0.1) is 6.92 Å². The van der Waals surface area contributed by atoms with Gasteiger partial charge in [0.1, 0.15) is 5.15 Å². The Bertz CT molecular complexity index is 931. The number of carbonyl (C=O) groups excluding carboxylic acids is 1. The highest BCUT2D eigenvalue weighted by atomic mass is 35.5. The molecule has 0 aliphatic carbocycles. The molecule has 2 heterocycles. The first-order valence-electron chi connectivity index (χ1n) is 7.66. The molecule has 5 nitrogen and oxygen atoms in total. The van der Waals surface area contributed by atoms with Gasteiger partial charge in [-0.3, -0.25) is 14.8 Å². The number of rotatable bonds is 4. The Labute approximate surface area is 159 Å². The highest BCUT2D eigenvalue weighted by Gasteiger charge is 2.22. The topological polar surface area (TPSA) is 59.8 Å². The van der Waals surface area contributed by atoms with Gasteiger partial charge in [-0.15, -0.1) is 11.3 Å². The summed E-state index contributed by atoms with van der Waals surface area (Å²) in [6, 6.07) is 7.44. The molecular weight excluding hydrogens is 379 g/mol. The minimum absolute atomic E-state index is 0.300. The Morgan fingerprint density at radius 1 is 1.28 bits per heavy atom. The van der Waals surface area contributed by atoms with Crippen molar-refractivity contribution < 1.29 is 4.79 Å². The second-order valence-electron chi connectivity index (χ2n) is 5.47. The van der Waals surface area contributed by atoms with Crippen LogP contribution in [0.4, 0.5) is 5.13 Å². The number of nitrogens with one attached hydrogen (secondary N) is 1. The van der Waals surface area contributed by atoms with Crippen LogP contribution in [0.15, 0.2) is 24.3 Å². The van der Waals surface area contributed by atoms with Crippen molar-refractivity contribution in [2.45, 2.75) is 20.3 Å². The van der Waals surface area contributed by atoms with Crippen LogP contribution < -0.4 is 5.32 Å². The summed E-state index contributed by atoms with van der Waals surface area (Å²) in [6.07, 6.45) is 0.621. The predicted molar refractivity (Wildman–Crippen MR) is 103 cm³/mol. The van der Waals surface area contributed by atoms with Crippen LogP contribution in [0.5, 0.6) is 0 Å². The minimum Gasteiger partial charge on any atom is -0.298 e. The third-order valence-electron chi connectivity index (χ3n) is 3.75. The summed E-state index contributed by atoms with van der Waals surface area (Å²) in [5.74, 6) is -0.300. The number of amides is 1. The molecule has 130 valence electrons. The number of aryl methyl sites for hydroxylation is 3. The number of carbonyl (C=O) groups is 1. The molecule has 1 aromatic carbocycles. The van der Waals surface area contributed by atoms with E-state index >= 15 is 0 Å². The molecule has 0 saturated heterocycles. The highest BCUT2D eigenvalue weighted by Crippen LogP contribution is 2.31. The molecule has 0 unspecified atom stereocenters. The normalized spacial score (nSPS) is 10.9. The van der Waals surface area contributed by atoms with Gasteiger partial charge >= 0.3 is 0 Å². The van der Waals surface area contributed by atoms with E-state index in [1.54, 1.807) is 7.05 Å². The van der Waals surface area contributed by atoms with Crippen molar-refractivity contribution in [3.05, 3.63) is 50.6 Å². The van der Waals surface area contributed by atoms with Gasteiger partial charge in [0, 0.05) is 22.5 Å². The first kappa shape index (κ1) is 17.9. The van der Waals surface area contributed by atoms with Gasteiger partial charge in [0.05, 0.1) is 17.0 Å². The smallest absolute Gasteiger partial charge is 0.262 e. The van der Waals surface area contributed by atoms with Crippen molar-refractivity contribution in [2.24, 2.45) is 7.05 Å². The van der Waals surface area contributed by atoms with E-state index in [0.717, 1.165) is 16.1 Å². The molecule has 0 aliphatic rings. The average Bonchev–Trinajstić information content (AvgIpc) is 3.08. The maximum absolute atomic E-state index is 12.6. The molecule has 0 aliphatic heterocycles. The summed E-state index contributed by atoms with van der Waals surface area (Å²) < 4.78 is 1.50. The van der Waals surface area contributed by atoms with Crippen molar-refractivity contribution in [1.82, 2.24) is 14.8 Å². The maximum Gasteiger partial charge on any atom is 0.262 e. The summed E-state index contributed by atoms with van der Waals surface area (Å²) in [5.41, 5.74) is 2.83. The van der Waals surface area contributed by atoms with Crippen LogP contribution in [0.1, 0.15) is 27.9 Å². The van der Waals surface area contributed by atoms with E-state index in [1.165, 1.54) is 16.0 Å². The molecule has 0 radical (unpaired) electrons. The summed E-state index contributed by atoms with van der Waals surface area (Å²) >= 11 is 13.6. The number of hydrogen-bond donors (Lipinski definition) is 1.